The van der Waals surface area contributed by atoms with Crippen molar-refractivity contribution in [2.24, 2.45) is 4.99 Å². The molecule has 46 valence electrons. The van der Waals surface area contributed by atoms with Gasteiger partial charge in [-0.3, -0.25) is 0 Å². The SMILES string of the molecule is C=C(Br)/C=N\C(=C)C#N. The summed E-state index contributed by atoms with van der Waals surface area (Å²) in [5.41, 5.74) is 0.176. The van der Waals surface area contributed by atoms with Gasteiger partial charge in [-0.1, -0.05) is 13.2 Å². The summed E-state index contributed by atoms with van der Waals surface area (Å²) in [6.07, 6.45) is 1.42. The highest BCUT2D eigenvalue weighted by molar-refractivity contribution is 9.12. The maximum Gasteiger partial charge on any atom is 0.133 e. The largest absolute Gasteiger partial charge is 0.245 e. The first-order valence-corrected chi connectivity index (χ1v) is 2.93. The number of hydrogen-bond donors (Lipinski definition) is 0. The van der Waals surface area contributed by atoms with Gasteiger partial charge in [-0.25, -0.2) is 4.99 Å². The van der Waals surface area contributed by atoms with E-state index in [-0.39, 0.29) is 5.70 Å². The molecule has 0 atom stereocenters. The van der Waals surface area contributed by atoms with Crippen LogP contribution in [0.2, 0.25) is 0 Å². The van der Waals surface area contributed by atoms with Crippen LogP contribution in [0, 0.1) is 11.3 Å². The molecule has 0 aromatic carbocycles. The van der Waals surface area contributed by atoms with E-state index in [2.05, 4.69) is 34.1 Å². The third kappa shape index (κ3) is 4.98. The Bertz CT molecular complexity index is 198. The zero-order valence-electron chi connectivity index (χ0n) is 4.76. The van der Waals surface area contributed by atoms with Crippen LogP contribution in [-0.4, -0.2) is 6.21 Å². The van der Waals surface area contributed by atoms with E-state index in [9.17, 15) is 0 Å². The molecule has 0 bridgehead atoms. The topological polar surface area (TPSA) is 36.1 Å². The van der Waals surface area contributed by atoms with Gasteiger partial charge in [0, 0.05) is 10.7 Å². The Hall–Kier alpha value is -0.880. The Kier molecular flexibility index (Phi) is 3.65. The van der Waals surface area contributed by atoms with E-state index < -0.39 is 0 Å². The minimum atomic E-state index is 0.176. The lowest BCUT2D eigenvalue weighted by Gasteiger charge is -1.80. The lowest BCUT2D eigenvalue weighted by Crippen LogP contribution is -1.71. The van der Waals surface area contributed by atoms with Gasteiger partial charge in [0.15, 0.2) is 0 Å². The molecule has 0 saturated heterocycles. The van der Waals surface area contributed by atoms with Crippen LogP contribution in [-0.2, 0) is 0 Å². The third-order valence-electron chi connectivity index (χ3n) is 0.490. The normalized spacial score (nSPS) is 8.89. The molecule has 2 nitrogen and oxygen atoms in total. The van der Waals surface area contributed by atoms with E-state index in [1.165, 1.54) is 6.21 Å². The van der Waals surface area contributed by atoms with Gasteiger partial charge in [0.2, 0.25) is 0 Å². The summed E-state index contributed by atoms with van der Waals surface area (Å²) in [7, 11) is 0. The number of allylic oxidation sites excluding steroid dienone is 2. The van der Waals surface area contributed by atoms with Gasteiger partial charge >= 0.3 is 0 Å². The average molecular weight is 185 g/mol. The van der Waals surface area contributed by atoms with Crippen molar-refractivity contribution in [3.63, 3.8) is 0 Å². The first-order valence-electron chi connectivity index (χ1n) is 2.14. The van der Waals surface area contributed by atoms with Crippen molar-refractivity contribution in [2.75, 3.05) is 0 Å². The quantitative estimate of drug-likeness (QED) is 0.478. The van der Waals surface area contributed by atoms with Crippen molar-refractivity contribution in [1.82, 2.24) is 0 Å². The predicted octanol–water partition coefficient (Wildman–Crippen LogP) is 2.00. The van der Waals surface area contributed by atoms with Crippen molar-refractivity contribution in [3.05, 3.63) is 23.3 Å². The number of aliphatic imine (C=N–C) groups is 1. The van der Waals surface area contributed by atoms with Crippen LogP contribution in [0.3, 0.4) is 0 Å². The first kappa shape index (κ1) is 8.12. The second kappa shape index (κ2) is 4.04. The van der Waals surface area contributed by atoms with E-state index in [1.54, 1.807) is 6.07 Å². The maximum absolute atomic E-state index is 8.14. The molecule has 0 unspecified atom stereocenters. The van der Waals surface area contributed by atoms with Crippen molar-refractivity contribution in [2.45, 2.75) is 0 Å². The van der Waals surface area contributed by atoms with Gasteiger partial charge in [0.1, 0.15) is 11.8 Å². The highest BCUT2D eigenvalue weighted by atomic mass is 79.9. The number of halogens is 1. The molecule has 0 rings (SSSR count). The lowest BCUT2D eigenvalue weighted by molar-refractivity contribution is 1.41. The van der Waals surface area contributed by atoms with Crippen LogP contribution >= 0.6 is 15.9 Å². The molecule has 3 heteroatoms. The Labute approximate surface area is 62.3 Å². The Morgan fingerprint density at radius 2 is 2.22 bits per heavy atom. The molecule has 0 radical (unpaired) electrons. The van der Waals surface area contributed by atoms with Crippen LogP contribution in [0.25, 0.3) is 0 Å². The van der Waals surface area contributed by atoms with Gasteiger partial charge < -0.3 is 0 Å². The number of hydrogen-bond acceptors (Lipinski definition) is 2. The Morgan fingerprint density at radius 1 is 1.67 bits per heavy atom. The van der Waals surface area contributed by atoms with Crippen LogP contribution in [0.1, 0.15) is 0 Å². The summed E-state index contributed by atoms with van der Waals surface area (Å²) in [6.45, 7) is 6.80. The first-order chi connectivity index (χ1) is 4.16. The highest BCUT2D eigenvalue weighted by Crippen LogP contribution is 1.97. The van der Waals surface area contributed by atoms with Crippen molar-refractivity contribution < 1.29 is 0 Å². The van der Waals surface area contributed by atoms with Crippen LogP contribution < -0.4 is 0 Å². The van der Waals surface area contributed by atoms with E-state index in [0.29, 0.717) is 4.48 Å². The van der Waals surface area contributed by atoms with Gasteiger partial charge in [-0.05, 0) is 15.9 Å². The van der Waals surface area contributed by atoms with E-state index in [4.69, 9.17) is 5.26 Å². The molecule has 0 aliphatic heterocycles. The van der Waals surface area contributed by atoms with Crippen LogP contribution in [0.4, 0.5) is 0 Å². The number of nitrogens with zero attached hydrogens (tertiary/aromatic N) is 2. The summed E-state index contributed by atoms with van der Waals surface area (Å²) >= 11 is 3.04. The minimum absolute atomic E-state index is 0.176. The maximum atomic E-state index is 8.14. The zero-order valence-corrected chi connectivity index (χ0v) is 6.35. The molecule has 0 amide bonds. The van der Waals surface area contributed by atoms with Gasteiger partial charge in [-0.15, -0.1) is 0 Å². The molecular weight excluding hydrogens is 180 g/mol. The summed E-state index contributed by atoms with van der Waals surface area (Å²) in [6, 6.07) is 1.77. The Balaban J connectivity index is 3.90. The molecule has 0 heterocycles. The zero-order chi connectivity index (χ0) is 7.28. The molecular formula is C6H5BrN2. The number of rotatable bonds is 2. The second-order valence-electron chi connectivity index (χ2n) is 1.26. The second-order valence-corrected chi connectivity index (χ2v) is 2.28. The monoisotopic (exact) mass is 184 g/mol. The van der Waals surface area contributed by atoms with E-state index >= 15 is 0 Å². The summed E-state index contributed by atoms with van der Waals surface area (Å²) in [5, 5.41) is 8.14. The molecule has 0 fully saturated rings. The van der Waals surface area contributed by atoms with E-state index in [1.807, 2.05) is 0 Å². The fourth-order valence-electron chi connectivity index (χ4n) is 0.177. The average Bonchev–Trinajstić information content (AvgIpc) is 1.83. The molecule has 0 aliphatic rings. The van der Waals surface area contributed by atoms with Crippen LogP contribution in [0.15, 0.2) is 28.3 Å². The minimum Gasteiger partial charge on any atom is -0.245 e. The summed E-state index contributed by atoms with van der Waals surface area (Å²) < 4.78 is 0.624. The fraction of sp³-hybridized carbons (Fsp3) is 0. The van der Waals surface area contributed by atoms with Gasteiger partial charge in [0.25, 0.3) is 0 Å². The lowest BCUT2D eigenvalue weighted by atomic mass is 10.5. The molecule has 0 saturated carbocycles. The third-order valence-corrected chi connectivity index (χ3v) is 0.694. The van der Waals surface area contributed by atoms with Crippen LogP contribution in [0.5, 0.6) is 0 Å². The van der Waals surface area contributed by atoms with Gasteiger partial charge in [0.05, 0.1) is 0 Å². The smallest absolute Gasteiger partial charge is 0.133 e. The molecule has 0 aliphatic carbocycles. The summed E-state index contributed by atoms with van der Waals surface area (Å²) in [5.74, 6) is 0. The summed E-state index contributed by atoms with van der Waals surface area (Å²) in [4.78, 5) is 3.62. The van der Waals surface area contributed by atoms with Crippen molar-refractivity contribution >= 4 is 22.1 Å². The van der Waals surface area contributed by atoms with Gasteiger partial charge in [-0.2, -0.15) is 5.26 Å². The van der Waals surface area contributed by atoms with Crippen molar-refractivity contribution in [1.29, 1.82) is 5.26 Å². The molecule has 0 aromatic rings. The Morgan fingerprint density at radius 3 is 2.56 bits per heavy atom. The number of nitriles is 1. The molecule has 0 spiro atoms. The molecule has 9 heavy (non-hydrogen) atoms. The van der Waals surface area contributed by atoms with E-state index in [0.717, 1.165) is 0 Å². The van der Waals surface area contributed by atoms with Crippen molar-refractivity contribution in [3.8, 4) is 6.07 Å². The standard InChI is InChI=1S/C6H5BrN2/c1-5(7)4-9-6(2)3-8/h4H,1-2H2/b9-4-. The predicted molar refractivity (Wildman–Crippen MR) is 41.3 cm³/mol. The highest BCUT2D eigenvalue weighted by Gasteiger charge is 1.80. The molecule has 0 N–H and O–H groups in total. The molecule has 0 aromatic heterocycles. The fourth-order valence-corrected chi connectivity index (χ4v) is 0.279.